The summed E-state index contributed by atoms with van der Waals surface area (Å²) in [5.41, 5.74) is 2.48. The van der Waals surface area contributed by atoms with E-state index in [0.29, 0.717) is 25.1 Å². The molecular formula is C18H19N3O2. The largest absolute Gasteiger partial charge is 0.346 e. The highest BCUT2D eigenvalue weighted by molar-refractivity contribution is 5.94. The minimum Gasteiger partial charge on any atom is -0.346 e. The Morgan fingerprint density at radius 2 is 2.00 bits per heavy atom. The highest BCUT2D eigenvalue weighted by atomic mass is 16.2. The van der Waals surface area contributed by atoms with E-state index in [0.717, 1.165) is 24.2 Å². The molecule has 0 aliphatic carbocycles. The molecule has 3 rings (SSSR count). The van der Waals surface area contributed by atoms with Gasteiger partial charge in [-0.2, -0.15) is 0 Å². The molecule has 0 spiro atoms. The fourth-order valence-corrected chi connectivity index (χ4v) is 2.63. The maximum Gasteiger partial charge on any atom is 0.251 e. The number of likely N-dealkylation sites (tertiary alicyclic amines) is 1. The van der Waals surface area contributed by atoms with Crippen LogP contribution in [0.15, 0.2) is 48.7 Å². The first-order chi connectivity index (χ1) is 11.2. The Morgan fingerprint density at radius 1 is 1.17 bits per heavy atom. The van der Waals surface area contributed by atoms with Gasteiger partial charge in [0, 0.05) is 31.3 Å². The number of nitrogens with zero attached hydrogens (tertiary/aromatic N) is 2. The predicted octanol–water partition coefficient (Wildman–Crippen LogP) is 2.13. The molecule has 118 valence electrons. The Hall–Kier alpha value is -2.69. The summed E-state index contributed by atoms with van der Waals surface area (Å²) in [5.74, 6) is 0.0848. The molecule has 1 aromatic heterocycles. The summed E-state index contributed by atoms with van der Waals surface area (Å²) in [7, 11) is 0. The van der Waals surface area contributed by atoms with Gasteiger partial charge in [0.2, 0.25) is 5.91 Å². The van der Waals surface area contributed by atoms with Crippen molar-refractivity contribution >= 4 is 11.8 Å². The van der Waals surface area contributed by atoms with E-state index in [-0.39, 0.29) is 11.8 Å². The molecule has 23 heavy (non-hydrogen) atoms. The van der Waals surface area contributed by atoms with Gasteiger partial charge < -0.3 is 10.2 Å². The van der Waals surface area contributed by atoms with E-state index in [2.05, 4.69) is 10.3 Å². The van der Waals surface area contributed by atoms with Crippen molar-refractivity contribution in [2.75, 3.05) is 6.54 Å². The molecule has 2 amide bonds. The first-order valence-corrected chi connectivity index (χ1v) is 7.77. The number of rotatable bonds is 5. The van der Waals surface area contributed by atoms with E-state index in [1.807, 2.05) is 35.2 Å². The number of nitrogens with one attached hydrogen (secondary N) is 1. The molecule has 1 fully saturated rings. The zero-order chi connectivity index (χ0) is 16.1. The lowest BCUT2D eigenvalue weighted by molar-refractivity contribution is -0.128. The van der Waals surface area contributed by atoms with Crippen LogP contribution >= 0.6 is 0 Å². The smallest absolute Gasteiger partial charge is 0.251 e. The van der Waals surface area contributed by atoms with Crippen LogP contribution in [0, 0.1) is 0 Å². The standard InChI is InChI=1S/C18H19N3O2/c22-17-5-3-11-21(17)13-14-6-8-15(9-7-14)18(23)20-12-16-4-1-2-10-19-16/h1-2,4,6-10H,3,5,11-13H2,(H,20,23). The van der Waals surface area contributed by atoms with Crippen LogP contribution in [-0.2, 0) is 17.9 Å². The average molecular weight is 309 g/mol. The van der Waals surface area contributed by atoms with E-state index in [4.69, 9.17) is 0 Å². The zero-order valence-electron chi connectivity index (χ0n) is 12.9. The van der Waals surface area contributed by atoms with Gasteiger partial charge in [-0.25, -0.2) is 0 Å². The van der Waals surface area contributed by atoms with Crippen molar-refractivity contribution in [3.8, 4) is 0 Å². The quantitative estimate of drug-likeness (QED) is 0.920. The van der Waals surface area contributed by atoms with Gasteiger partial charge in [-0.3, -0.25) is 14.6 Å². The summed E-state index contributed by atoms with van der Waals surface area (Å²) >= 11 is 0. The van der Waals surface area contributed by atoms with E-state index < -0.39 is 0 Å². The van der Waals surface area contributed by atoms with E-state index in [1.165, 1.54) is 0 Å². The maximum absolute atomic E-state index is 12.1. The van der Waals surface area contributed by atoms with Crippen molar-refractivity contribution < 1.29 is 9.59 Å². The number of carbonyl (C=O) groups is 2. The SMILES string of the molecule is O=C(NCc1ccccn1)c1ccc(CN2CCCC2=O)cc1. The summed E-state index contributed by atoms with van der Waals surface area (Å²) in [6.45, 7) is 1.85. The molecule has 1 saturated heterocycles. The third-order valence-electron chi connectivity index (χ3n) is 3.92. The molecular weight excluding hydrogens is 290 g/mol. The van der Waals surface area contributed by atoms with Crippen molar-refractivity contribution in [2.45, 2.75) is 25.9 Å². The first kappa shape index (κ1) is 15.2. The van der Waals surface area contributed by atoms with Gasteiger partial charge in [0.25, 0.3) is 5.91 Å². The predicted molar refractivity (Wildman–Crippen MR) is 86.5 cm³/mol. The molecule has 2 heterocycles. The number of pyridine rings is 1. The fraction of sp³-hybridized carbons (Fsp3) is 0.278. The molecule has 0 bridgehead atoms. The number of hydrogen-bond acceptors (Lipinski definition) is 3. The number of benzene rings is 1. The van der Waals surface area contributed by atoms with Crippen molar-refractivity contribution in [1.82, 2.24) is 15.2 Å². The normalized spacial score (nSPS) is 14.1. The Bertz CT molecular complexity index is 683. The monoisotopic (exact) mass is 309 g/mol. The van der Waals surface area contributed by atoms with E-state index in [9.17, 15) is 9.59 Å². The van der Waals surface area contributed by atoms with Gasteiger partial charge in [-0.1, -0.05) is 18.2 Å². The second-order valence-corrected chi connectivity index (χ2v) is 5.62. The van der Waals surface area contributed by atoms with Crippen LogP contribution in [0.4, 0.5) is 0 Å². The number of aromatic nitrogens is 1. The fourth-order valence-electron chi connectivity index (χ4n) is 2.63. The molecule has 5 nitrogen and oxygen atoms in total. The Kier molecular flexibility index (Phi) is 4.66. The average Bonchev–Trinajstić information content (AvgIpc) is 2.99. The third kappa shape index (κ3) is 3.94. The van der Waals surface area contributed by atoms with Gasteiger partial charge in [-0.05, 0) is 36.2 Å². The molecule has 2 aromatic rings. The van der Waals surface area contributed by atoms with Crippen LogP contribution in [0.5, 0.6) is 0 Å². The summed E-state index contributed by atoms with van der Waals surface area (Å²) in [6, 6.07) is 13.0. The van der Waals surface area contributed by atoms with E-state index >= 15 is 0 Å². The number of carbonyl (C=O) groups excluding carboxylic acids is 2. The maximum atomic E-state index is 12.1. The molecule has 1 aliphatic rings. The van der Waals surface area contributed by atoms with Crippen LogP contribution in [0.25, 0.3) is 0 Å². The summed E-state index contributed by atoms with van der Waals surface area (Å²) in [4.78, 5) is 29.8. The third-order valence-corrected chi connectivity index (χ3v) is 3.92. The van der Waals surface area contributed by atoms with Crippen molar-refractivity contribution in [2.24, 2.45) is 0 Å². The van der Waals surface area contributed by atoms with Crippen molar-refractivity contribution in [1.29, 1.82) is 0 Å². The molecule has 0 radical (unpaired) electrons. The van der Waals surface area contributed by atoms with Gasteiger partial charge in [0.15, 0.2) is 0 Å². The van der Waals surface area contributed by atoms with Gasteiger partial charge in [0.1, 0.15) is 0 Å². The topological polar surface area (TPSA) is 62.3 Å². The Balaban J connectivity index is 1.56. The van der Waals surface area contributed by atoms with Crippen LogP contribution < -0.4 is 5.32 Å². The molecule has 5 heteroatoms. The summed E-state index contributed by atoms with van der Waals surface area (Å²) in [6.07, 6.45) is 3.29. The number of hydrogen-bond donors (Lipinski definition) is 1. The zero-order valence-corrected chi connectivity index (χ0v) is 12.9. The van der Waals surface area contributed by atoms with Crippen LogP contribution in [0.2, 0.25) is 0 Å². The van der Waals surface area contributed by atoms with Crippen LogP contribution in [-0.4, -0.2) is 28.2 Å². The minimum absolute atomic E-state index is 0.126. The summed E-state index contributed by atoms with van der Waals surface area (Å²) in [5, 5.41) is 2.85. The Labute approximate surface area is 135 Å². The first-order valence-electron chi connectivity index (χ1n) is 7.77. The molecule has 1 aromatic carbocycles. The Morgan fingerprint density at radius 3 is 2.65 bits per heavy atom. The second kappa shape index (κ2) is 7.05. The number of amides is 2. The lowest BCUT2D eigenvalue weighted by Gasteiger charge is -2.15. The highest BCUT2D eigenvalue weighted by Gasteiger charge is 2.19. The van der Waals surface area contributed by atoms with Gasteiger partial charge >= 0.3 is 0 Å². The van der Waals surface area contributed by atoms with Crippen molar-refractivity contribution in [3.63, 3.8) is 0 Å². The minimum atomic E-state index is -0.126. The summed E-state index contributed by atoms with van der Waals surface area (Å²) < 4.78 is 0. The highest BCUT2D eigenvalue weighted by Crippen LogP contribution is 2.14. The van der Waals surface area contributed by atoms with Gasteiger partial charge in [-0.15, -0.1) is 0 Å². The van der Waals surface area contributed by atoms with Gasteiger partial charge in [0.05, 0.1) is 12.2 Å². The molecule has 1 N–H and O–H groups in total. The molecule has 0 atom stereocenters. The van der Waals surface area contributed by atoms with Crippen LogP contribution in [0.3, 0.4) is 0 Å². The second-order valence-electron chi connectivity index (χ2n) is 5.62. The lowest BCUT2D eigenvalue weighted by atomic mass is 10.1. The molecule has 0 saturated carbocycles. The molecule has 0 unspecified atom stereocenters. The molecule has 1 aliphatic heterocycles. The van der Waals surface area contributed by atoms with Crippen LogP contribution in [0.1, 0.15) is 34.5 Å². The lowest BCUT2D eigenvalue weighted by Crippen LogP contribution is -2.24. The van der Waals surface area contributed by atoms with E-state index in [1.54, 1.807) is 18.3 Å². The van der Waals surface area contributed by atoms with Crippen molar-refractivity contribution in [3.05, 3.63) is 65.5 Å².